The average molecular weight is 429 g/mol. The van der Waals surface area contributed by atoms with E-state index in [9.17, 15) is 18.0 Å². The summed E-state index contributed by atoms with van der Waals surface area (Å²) < 4.78 is 28.8. The van der Waals surface area contributed by atoms with Gasteiger partial charge in [-0.05, 0) is 74.6 Å². The van der Waals surface area contributed by atoms with Crippen LogP contribution in [0.15, 0.2) is 44.4 Å². The summed E-state index contributed by atoms with van der Waals surface area (Å²) in [6.45, 7) is 7.28. The predicted octanol–water partition coefficient (Wildman–Crippen LogP) is 3.25. The quantitative estimate of drug-likeness (QED) is 0.605. The molecular weight excluding hydrogens is 404 g/mol. The smallest absolute Gasteiger partial charge is 0.339 e. The lowest BCUT2D eigenvalue weighted by atomic mass is 10.0. The van der Waals surface area contributed by atoms with E-state index in [0.717, 1.165) is 22.1 Å². The number of sulfonamides is 1. The normalized spacial score (nSPS) is 11.6. The molecule has 7 nitrogen and oxygen atoms in total. The molecule has 30 heavy (non-hydrogen) atoms. The monoisotopic (exact) mass is 428 g/mol. The number of hydrogen-bond acceptors (Lipinski definition) is 5. The van der Waals surface area contributed by atoms with Gasteiger partial charge in [-0.3, -0.25) is 4.79 Å². The first-order valence-electron chi connectivity index (χ1n) is 9.44. The number of fused-ring (bicyclic) bond motifs is 1. The molecule has 0 atom stereocenters. The standard InChI is InChI=1S/C22H24N2O5S/c1-12-5-6-17-15(4)18(22(26)29-20(17)9-12)7-8-21(25)24-19-11-16(30(23,27)28)10-13(2)14(19)3/h5-6,9-11H,7-8H2,1-4H3,(H,24,25)(H2,23,27,28). The third kappa shape index (κ3) is 4.44. The number of aryl methyl sites for hydroxylation is 3. The number of amides is 1. The van der Waals surface area contributed by atoms with Gasteiger partial charge in [0.2, 0.25) is 15.9 Å². The van der Waals surface area contributed by atoms with Crippen molar-refractivity contribution in [2.45, 2.75) is 45.4 Å². The third-order valence-electron chi connectivity index (χ3n) is 5.29. The van der Waals surface area contributed by atoms with E-state index in [1.54, 1.807) is 13.8 Å². The van der Waals surface area contributed by atoms with Crippen molar-refractivity contribution in [1.82, 2.24) is 0 Å². The van der Waals surface area contributed by atoms with Gasteiger partial charge in [0, 0.05) is 23.1 Å². The van der Waals surface area contributed by atoms with Gasteiger partial charge in [0.1, 0.15) is 5.58 Å². The Bertz CT molecular complexity index is 1320. The van der Waals surface area contributed by atoms with E-state index in [1.165, 1.54) is 12.1 Å². The summed E-state index contributed by atoms with van der Waals surface area (Å²) >= 11 is 0. The molecule has 0 spiro atoms. The van der Waals surface area contributed by atoms with Crippen LogP contribution >= 0.6 is 0 Å². The Morgan fingerprint density at radius 2 is 1.77 bits per heavy atom. The van der Waals surface area contributed by atoms with E-state index < -0.39 is 15.6 Å². The number of primary sulfonamides is 1. The number of nitrogens with two attached hydrogens (primary N) is 1. The van der Waals surface area contributed by atoms with E-state index in [-0.39, 0.29) is 23.6 Å². The molecule has 0 radical (unpaired) electrons. The molecule has 0 aliphatic heterocycles. The van der Waals surface area contributed by atoms with Crippen molar-refractivity contribution in [2.24, 2.45) is 5.14 Å². The Kier molecular flexibility index (Phi) is 5.83. The van der Waals surface area contributed by atoms with Gasteiger partial charge in [-0.25, -0.2) is 18.4 Å². The lowest BCUT2D eigenvalue weighted by Gasteiger charge is -2.13. The van der Waals surface area contributed by atoms with E-state index in [0.29, 0.717) is 22.4 Å². The highest BCUT2D eigenvalue weighted by Gasteiger charge is 2.16. The van der Waals surface area contributed by atoms with Crippen molar-refractivity contribution < 1.29 is 17.6 Å². The Morgan fingerprint density at radius 3 is 2.43 bits per heavy atom. The molecular formula is C22H24N2O5S. The van der Waals surface area contributed by atoms with Crippen molar-refractivity contribution in [1.29, 1.82) is 0 Å². The summed E-state index contributed by atoms with van der Waals surface area (Å²) in [6.07, 6.45) is 0.248. The molecule has 0 fully saturated rings. The van der Waals surface area contributed by atoms with Crippen molar-refractivity contribution in [2.75, 3.05) is 5.32 Å². The maximum absolute atomic E-state index is 12.5. The molecule has 0 saturated heterocycles. The molecule has 3 N–H and O–H groups in total. The summed E-state index contributed by atoms with van der Waals surface area (Å²) in [5.41, 5.74) is 4.11. The fourth-order valence-electron chi connectivity index (χ4n) is 3.36. The number of anilines is 1. The average Bonchev–Trinajstić information content (AvgIpc) is 2.63. The van der Waals surface area contributed by atoms with E-state index in [4.69, 9.17) is 9.56 Å². The summed E-state index contributed by atoms with van der Waals surface area (Å²) in [6, 6.07) is 8.45. The van der Waals surface area contributed by atoms with Crippen LogP contribution in [-0.4, -0.2) is 14.3 Å². The molecule has 2 aromatic carbocycles. The van der Waals surface area contributed by atoms with Crippen LogP contribution in [0.4, 0.5) is 5.69 Å². The zero-order chi connectivity index (χ0) is 22.2. The lowest BCUT2D eigenvalue weighted by molar-refractivity contribution is -0.116. The third-order valence-corrected chi connectivity index (χ3v) is 6.18. The first-order chi connectivity index (χ1) is 14.0. The van der Waals surface area contributed by atoms with Crippen molar-refractivity contribution in [3.8, 4) is 0 Å². The van der Waals surface area contributed by atoms with Gasteiger partial charge >= 0.3 is 5.63 Å². The molecule has 0 bridgehead atoms. The van der Waals surface area contributed by atoms with Gasteiger partial charge in [-0.1, -0.05) is 12.1 Å². The zero-order valence-electron chi connectivity index (χ0n) is 17.3. The SMILES string of the molecule is Cc1ccc2c(C)c(CCC(=O)Nc3cc(S(N)(=O)=O)cc(C)c3C)c(=O)oc2c1. The molecule has 0 saturated carbocycles. The van der Waals surface area contributed by atoms with Crippen molar-refractivity contribution >= 4 is 32.6 Å². The molecule has 0 unspecified atom stereocenters. The minimum Gasteiger partial charge on any atom is -0.423 e. The van der Waals surface area contributed by atoms with Gasteiger partial charge in [0.15, 0.2) is 0 Å². The number of benzene rings is 2. The largest absolute Gasteiger partial charge is 0.423 e. The molecule has 1 aromatic heterocycles. The van der Waals surface area contributed by atoms with Crippen molar-refractivity contribution in [3.63, 3.8) is 0 Å². The first kappa shape index (κ1) is 21.7. The zero-order valence-corrected chi connectivity index (χ0v) is 18.1. The van der Waals surface area contributed by atoms with Crippen LogP contribution in [-0.2, 0) is 21.2 Å². The fraction of sp³-hybridized carbons (Fsp3) is 0.273. The van der Waals surface area contributed by atoms with E-state index >= 15 is 0 Å². The summed E-state index contributed by atoms with van der Waals surface area (Å²) in [5.74, 6) is -0.341. The number of carbonyl (C=O) groups excluding carboxylic acids is 1. The Balaban J connectivity index is 1.83. The number of nitrogens with one attached hydrogen (secondary N) is 1. The summed E-state index contributed by atoms with van der Waals surface area (Å²) in [7, 11) is -3.90. The molecule has 3 aromatic rings. The predicted molar refractivity (Wildman–Crippen MR) is 116 cm³/mol. The minimum absolute atomic E-state index is 0.0427. The van der Waals surface area contributed by atoms with E-state index in [1.807, 2.05) is 32.0 Å². The van der Waals surface area contributed by atoms with Crippen LogP contribution in [0, 0.1) is 27.7 Å². The highest BCUT2D eigenvalue weighted by Crippen LogP contribution is 2.24. The molecule has 158 valence electrons. The maximum Gasteiger partial charge on any atom is 0.339 e. The van der Waals surface area contributed by atoms with Crippen LogP contribution in [0.2, 0.25) is 0 Å². The highest BCUT2D eigenvalue weighted by atomic mass is 32.2. The minimum atomic E-state index is -3.90. The van der Waals surface area contributed by atoms with Gasteiger partial charge < -0.3 is 9.73 Å². The second-order valence-corrected chi connectivity index (χ2v) is 9.06. The van der Waals surface area contributed by atoms with Crippen LogP contribution in [0.3, 0.4) is 0 Å². The van der Waals surface area contributed by atoms with Crippen LogP contribution in [0.1, 0.15) is 34.2 Å². The summed E-state index contributed by atoms with van der Waals surface area (Å²) in [4.78, 5) is 24.9. The number of hydrogen-bond donors (Lipinski definition) is 2. The Labute approximate surface area is 175 Å². The van der Waals surface area contributed by atoms with Crippen LogP contribution in [0.25, 0.3) is 11.0 Å². The summed E-state index contributed by atoms with van der Waals surface area (Å²) in [5, 5.41) is 8.77. The molecule has 1 heterocycles. The topological polar surface area (TPSA) is 119 Å². The first-order valence-corrected chi connectivity index (χ1v) is 11.0. The second-order valence-electron chi connectivity index (χ2n) is 7.50. The van der Waals surface area contributed by atoms with Gasteiger partial charge in [0.25, 0.3) is 0 Å². The molecule has 3 rings (SSSR count). The molecule has 0 aliphatic carbocycles. The lowest BCUT2D eigenvalue weighted by Crippen LogP contribution is -2.18. The Morgan fingerprint density at radius 1 is 1.07 bits per heavy atom. The maximum atomic E-state index is 12.5. The van der Waals surface area contributed by atoms with Gasteiger partial charge in [-0.2, -0.15) is 0 Å². The molecule has 1 amide bonds. The number of carbonyl (C=O) groups is 1. The molecule has 0 aliphatic rings. The van der Waals surface area contributed by atoms with Gasteiger partial charge in [0.05, 0.1) is 4.90 Å². The van der Waals surface area contributed by atoms with Crippen LogP contribution < -0.4 is 16.1 Å². The Hall–Kier alpha value is -2.97. The van der Waals surface area contributed by atoms with Crippen molar-refractivity contribution in [3.05, 3.63) is 68.6 Å². The van der Waals surface area contributed by atoms with Crippen LogP contribution in [0.5, 0.6) is 0 Å². The van der Waals surface area contributed by atoms with Gasteiger partial charge in [-0.15, -0.1) is 0 Å². The van der Waals surface area contributed by atoms with E-state index in [2.05, 4.69) is 5.32 Å². The number of rotatable bonds is 5. The second kappa shape index (κ2) is 8.04. The molecule has 8 heteroatoms. The fourth-order valence-corrected chi connectivity index (χ4v) is 3.99. The highest BCUT2D eigenvalue weighted by molar-refractivity contribution is 7.89.